The number of rotatable bonds is 1. The number of nitrogens with one attached hydrogen (secondary N) is 1. The fourth-order valence-corrected chi connectivity index (χ4v) is 0.760. The van der Waals surface area contributed by atoms with E-state index in [0.717, 1.165) is 12.1 Å². The molecule has 0 aliphatic carbocycles. The molecule has 0 atom stereocenters. The molecular weight excluding hydrogens is 160 g/mol. The summed E-state index contributed by atoms with van der Waals surface area (Å²) in [5, 5.41) is 33.8. The maximum atomic E-state index is 8.97. The van der Waals surface area contributed by atoms with Gasteiger partial charge < -0.3 is 21.1 Å². The third-order valence-electron chi connectivity index (χ3n) is 1.38. The molecule has 0 aliphatic heterocycles. The van der Waals surface area contributed by atoms with Crippen molar-refractivity contribution >= 4 is 5.84 Å². The van der Waals surface area contributed by atoms with Gasteiger partial charge in [-0.05, 0) is 12.1 Å². The number of nitrogen functional groups attached to an aromatic ring is 1. The first-order valence-corrected chi connectivity index (χ1v) is 3.11. The summed E-state index contributed by atoms with van der Waals surface area (Å²) >= 11 is 0. The maximum absolute atomic E-state index is 8.97. The van der Waals surface area contributed by atoms with Crippen LogP contribution in [0.15, 0.2) is 12.1 Å². The summed E-state index contributed by atoms with van der Waals surface area (Å²) in [6.07, 6.45) is 0. The molecule has 1 aromatic carbocycles. The van der Waals surface area contributed by atoms with Crippen molar-refractivity contribution in [1.29, 1.82) is 5.41 Å². The zero-order valence-corrected chi connectivity index (χ0v) is 6.07. The lowest BCUT2D eigenvalue weighted by Crippen LogP contribution is -2.10. The Morgan fingerprint density at radius 3 is 1.92 bits per heavy atom. The van der Waals surface area contributed by atoms with Crippen LogP contribution < -0.4 is 5.73 Å². The Balaban J connectivity index is 3.31. The summed E-state index contributed by atoms with van der Waals surface area (Å²) < 4.78 is 0. The molecule has 0 unspecified atom stereocenters. The second-order valence-electron chi connectivity index (χ2n) is 2.28. The Hall–Kier alpha value is -1.91. The molecule has 12 heavy (non-hydrogen) atoms. The highest BCUT2D eigenvalue weighted by Gasteiger charge is 2.08. The number of aromatic hydroxyl groups is 3. The lowest BCUT2D eigenvalue weighted by molar-refractivity contribution is 0.368. The van der Waals surface area contributed by atoms with Gasteiger partial charge in [-0.3, -0.25) is 5.41 Å². The molecule has 0 saturated heterocycles. The molecule has 1 aromatic rings. The number of amidine groups is 1. The second-order valence-corrected chi connectivity index (χ2v) is 2.28. The number of phenolic OH excluding ortho intramolecular Hbond substituents is 3. The minimum Gasteiger partial charge on any atom is -0.504 e. The van der Waals surface area contributed by atoms with Gasteiger partial charge in [0.05, 0.1) is 0 Å². The van der Waals surface area contributed by atoms with Crippen molar-refractivity contribution in [3.8, 4) is 17.2 Å². The number of phenols is 3. The van der Waals surface area contributed by atoms with Gasteiger partial charge in [-0.15, -0.1) is 0 Å². The third kappa shape index (κ3) is 1.24. The molecular formula is C7H8N2O3. The lowest BCUT2D eigenvalue weighted by Gasteiger charge is -2.03. The van der Waals surface area contributed by atoms with Crippen molar-refractivity contribution in [1.82, 2.24) is 0 Å². The monoisotopic (exact) mass is 168 g/mol. The number of benzene rings is 1. The molecule has 0 aromatic heterocycles. The summed E-state index contributed by atoms with van der Waals surface area (Å²) in [5.41, 5.74) is 5.24. The zero-order chi connectivity index (χ0) is 9.30. The standard InChI is InChI=1S/C7H8N2O3/c8-7(9)3-1-4(10)6(12)5(11)2-3/h1-2,10-12H,(H3,8,9). The van der Waals surface area contributed by atoms with Gasteiger partial charge in [0, 0.05) is 5.56 Å². The van der Waals surface area contributed by atoms with Crippen LogP contribution in [0.1, 0.15) is 5.56 Å². The summed E-state index contributed by atoms with van der Waals surface area (Å²) in [6.45, 7) is 0. The van der Waals surface area contributed by atoms with Crippen LogP contribution >= 0.6 is 0 Å². The van der Waals surface area contributed by atoms with Crippen molar-refractivity contribution in [2.45, 2.75) is 0 Å². The molecule has 0 heterocycles. The highest BCUT2D eigenvalue weighted by molar-refractivity contribution is 5.96. The van der Waals surface area contributed by atoms with Gasteiger partial charge in [0.15, 0.2) is 17.2 Å². The largest absolute Gasteiger partial charge is 0.504 e. The number of hydrogen-bond acceptors (Lipinski definition) is 4. The normalized spacial score (nSPS) is 9.67. The van der Waals surface area contributed by atoms with Gasteiger partial charge in [-0.1, -0.05) is 0 Å². The molecule has 0 aliphatic rings. The van der Waals surface area contributed by atoms with Crippen LogP contribution in [-0.2, 0) is 0 Å². The van der Waals surface area contributed by atoms with E-state index in [4.69, 9.17) is 26.5 Å². The minimum atomic E-state index is -0.611. The molecule has 0 radical (unpaired) electrons. The van der Waals surface area contributed by atoms with Crippen LogP contribution in [0.25, 0.3) is 0 Å². The van der Waals surface area contributed by atoms with Crippen LogP contribution in [-0.4, -0.2) is 21.2 Å². The average molecular weight is 168 g/mol. The molecule has 0 saturated carbocycles. The highest BCUT2D eigenvalue weighted by atomic mass is 16.3. The van der Waals surface area contributed by atoms with Gasteiger partial charge in [0.25, 0.3) is 0 Å². The SMILES string of the molecule is N=C(N)c1cc(O)c(O)c(O)c1. The Kier molecular flexibility index (Phi) is 1.78. The molecule has 64 valence electrons. The molecule has 0 amide bonds. The molecule has 0 bridgehead atoms. The maximum Gasteiger partial charge on any atom is 0.200 e. The zero-order valence-electron chi connectivity index (χ0n) is 6.07. The van der Waals surface area contributed by atoms with E-state index in [2.05, 4.69) is 0 Å². The van der Waals surface area contributed by atoms with Crippen LogP contribution in [0.5, 0.6) is 17.2 Å². The Bertz CT molecular complexity index is 312. The first kappa shape index (κ1) is 8.19. The van der Waals surface area contributed by atoms with E-state index in [1.165, 1.54) is 0 Å². The first-order chi connectivity index (χ1) is 5.52. The first-order valence-electron chi connectivity index (χ1n) is 3.11. The molecule has 1 rings (SSSR count). The minimum absolute atomic E-state index is 0.155. The van der Waals surface area contributed by atoms with Crippen molar-refractivity contribution in [3.63, 3.8) is 0 Å². The van der Waals surface area contributed by atoms with Gasteiger partial charge in [-0.25, -0.2) is 0 Å². The van der Waals surface area contributed by atoms with Crippen molar-refractivity contribution in [3.05, 3.63) is 17.7 Å². The molecule has 0 spiro atoms. The third-order valence-corrected chi connectivity index (χ3v) is 1.38. The second kappa shape index (κ2) is 2.61. The van der Waals surface area contributed by atoms with E-state index in [-0.39, 0.29) is 11.4 Å². The predicted molar refractivity (Wildman–Crippen MR) is 42.5 cm³/mol. The van der Waals surface area contributed by atoms with Crippen molar-refractivity contribution in [2.75, 3.05) is 0 Å². The summed E-state index contributed by atoms with van der Waals surface area (Å²) in [4.78, 5) is 0. The summed E-state index contributed by atoms with van der Waals surface area (Å²) in [7, 11) is 0. The van der Waals surface area contributed by atoms with Crippen LogP contribution in [0.4, 0.5) is 0 Å². The number of nitrogens with two attached hydrogens (primary N) is 1. The predicted octanol–water partition coefficient (Wildman–Crippen LogP) is 0.0875. The molecule has 6 N–H and O–H groups in total. The lowest BCUT2D eigenvalue weighted by atomic mass is 10.1. The Morgan fingerprint density at radius 2 is 1.58 bits per heavy atom. The van der Waals surface area contributed by atoms with Crippen molar-refractivity contribution in [2.24, 2.45) is 5.73 Å². The molecule has 5 heteroatoms. The van der Waals surface area contributed by atoms with Crippen LogP contribution in [0, 0.1) is 5.41 Å². The fourth-order valence-electron chi connectivity index (χ4n) is 0.760. The van der Waals surface area contributed by atoms with Crippen LogP contribution in [0.2, 0.25) is 0 Å². The van der Waals surface area contributed by atoms with E-state index < -0.39 is 17.2 Å². The van der Waals surface area contributed by atoms with Gasteiger partial charge >= 0.3 is 0 Å². The van der Waals surface area contributed by atoms with Crippen molar-refractivity contribution < 1.29 is 15.3 Å². The quantitative estimate of drug-likeness (QED) is 0.232. The summed E-state index contributed by atoms with van der Waals surface area (Å²) in [5.74, 6) is -1.90. The van der Waals surface area contributed by atoms with Crippen LogP contribution in [0.3, 0.4) is 0 Å². The average Bonchev–Trinajstić information content (AvgIpc) is 1.99. The Morgan fingerprint density at radius 1 is 1.17 bits per heavy atom. The molecule has 5 nitrogen and oxygen atoms in total. The topological polar surface area (TPSA) is 111 Å². The number of hydrogen-bond donors (Lipinski definition) is 5. The Labute approximate surface area is 68.2 Å². The van der Waals surface area contributed by atoms with Gasteiger partial charge in [-0.2, -0.15) is 0 Å². The van der Waals surface area contributed by atoms with E-state index >= 15 is 0 Å². The van der Waals surface area contributed by atoms with Gasteiger partial charge in [0.2, 0.25) is 0 Å². The summed E-state index contributed by atoms with van der Waals surface area (Å²) in [6, 6.07) is 2.19. The smallest absolute Gasteiger partial charge is 0.200 e. The van der Waals surface area contributed by atoms with E-state index in [9.17, 15) is 0 Å². The van der Waals surface area contributed by atoms with E-state index in [1.807, 2.05) is 0 Å². The van der Waals surface area contributed by atoms with E-state index in [0.29, 0.717) is 0 Å². The van der Waals surface area contributed by atoms with E-state index in [1.54, 1.807) is 0 Å². The highest BCUT2D eigenvalue weighted by Crippen LogP contribution is 2.34. The molecule has 0 fully saturated rings. The van der Waals surface area contributed by atoms with Gasteiger partial charge in [0.1, 0.15) is 5.84 Å². The fraction of sp³-hybridized carbons (Fsp3) is 0.